The number of hydrogen-bond donors (Lipinski definition) is 9. The standard InChI is InChI=1S/C33H27ClN10O19S6.5Na/c34-31-38-32(36-18-2-1-3-21(14-18)64(46,47)11-10-63-69(60,61)62)40-33(39-31)37-19-6-9-23(66(51,52)53)22(15-19)42-44-29-25(68(57,58)59)13-16-12-24(67(54,55)56)28(27(35)26(16)30(29)45)43-41-17-4-7-20(8-5-17)65(48,49)50;;;;;/h1-9,12-15,45H,10-11,35H2,(H,48,49,50)(H,51,52,53)(H,54,55,56)(H,57,58,59)(H,60,61,62)(H2,36,37,38,39,40);;;;;. The zero-order chi connectivity index (χ0) is 51.1. The number of aromatic hydroxyl groups is 1. The molecule has 5 aromatic carbocycles. The number of sulfone groups is 1. The van der Waals surface area contributed by atoms with Crippen LogP contribution in [0, 0.1) is 0 Å². The second kappa shape index (κ2) is 27.6. The molecule has 6 aromatic rings. The summed E-state index contributed by atoms with van der Waals surface area (Å²) in [4.78, 5) is 13.1. The van der Waals surface area contributed by atoms with Crippen LogP contribution in [0.25, 0.3) is 10.8 Å². The van der Waals surface area contributed by atoms with Crippen LogP contribution in [0.2, 0.25) is 5.28 Å². The van der Waals surface area contributed by atoms with Crippen molar-refractivity contribution in [2.24, 2.45) is 30.4 Å². The van der Waals surface area contributed by atoms with Gasteiger partial charge >= 0.3 is 10.4 Å². The van der Waals surface area contributed by atoms with Gasteiger partial charge < -0.3 is 15.8 Å². The number of rotatable bonds is 15. The van der Waals surface area contributed by atoms with Crippen LogP contribution < -0.4 is 17.0 Å². The van der Waals surface area contributed by atoms with E-state index in [-0.39, 0.29) is 186 Å². The van der Waals surface area contributed by atoms with Gasteiger partial charge in [-0.25, -0.2) is 22.6 Å². The number of halogens is 1. The second-order valence-electron chi connectivity index (χ2n) is 13.4. The number of nitrogens with one attached hydrogen (secondary N) is 2. The Labute approximate surface area is 534 Å². The predicted molar refractivity (Wildman–Crippen MR) is 264 cm³/mol. The third-order valence-corrected chi connectivity index (χ3v) is 14.5. The molecule has 29 nitrogen and oxygen atoms in total. The van der Waals surface area contributed by atoms with E-state index in [1.807, 2.05) is 0 Å². The number of fused-ring (bicyclic) bond motifs is 1. The Morgan fingerprint density at radius 2 is 1.12 bits per heavy atom. The van der Waals surface area contributed by atoms with E-state index in [1.54, 1.807) is 0 Å². The van der Waals surface area contributed by atoms with Crippen molar-refractivity contribution in [1.29, 1.82) is 0 Å². The molecule has 0 aliphatic carbocycles. The fraction of sp³-hybridized carbons (Fsp3) is 0.0606. The fourth-order valence-electron chi connectivity index (χ4n) is 5.73. The summed E-state index contributed by atoms with van der Waals surface area (Å²) < 4.78 is 197. The second-order valence-corrected chi connectivity index (χ2v) is 22.5. The minimum absolute atomic E-state index is 0. The van der Waals surface area contributed by atoms with Gasteiger partial charge in [-0.05, 0) is 89.8 Å². The maximum absolute atomic E-state index is 12.7. The van der Waals surface area contributed by atoms with Crippen LogP contribution in [0.15, 0.2) is 134 Å². The summed E-state index contributed by atoms with van der Waals surface area (Å²) in [7, 11) is -29.7. The van der Waals surface area contributed by atoms with Crippen molar-refractivity contribution < 1.29 is 82.6 Å². The summed E-state index contributed by atoms with van der Waals surface area (Å²) in [6.07, 6.45) is 0. The Balaban J connectivity index is 0.00000548. The molecule has 10 N–H and O–H groups in total. The SMILES string of the molecule is Nc1c(N=Nc2ccc(S(=O)(=O)O)cc2)c(S(=O)(=O)O)cc2cc(S(=O)(=O)O)c(N=Nc3cc(N=c4[nH]c(Cl)nc(=Nc5cccc(S(=O)(=O)CCOS(=O)(=O)O)c5)[nH]4)ccc3S(=O)(=O)O)c(O)c12.[Na].[Na].[Na].[Na].[Na]. The molecule has 0 saturated heterocycles. The molecule has 0 spiro atoms. The van der Waals surface area contributed by atoms with E-state index in [4.69, 9.17) is 21.9 Å². The third kappa shape index (κ3) is 18.6. The minimum Gasteiger partial charge on any atom is -0.505 e. The number of anilines is 1. The molecule has 0 aliphatic heterocycles. The Morgan fingerprint density at radius 1 is 0.581 bits per heavy atom. The number of azo groups is 2. The fourth-order valence-corrected chi connectivity index (χ4v) is 9.84. The normalized spacial score (nSPS) is 12.9. The molecule has 0 saturated carbocycles. The van der Waals surface area contributed by atoms with Gasteiger partial charge in [0.1, 0.15) is 31.7 Å². The Hall–Kier alpha value is -1.48. The number of nitrogens with two attached hydrogens (primary N) is 1. The summed E-state index contributed by atoms with van der Waals surface area (Å²) in [5, 5.41) is 24.6. The third-order valence-electron chi connectivity index (χ3n) is 8.64. The number of nitrogens with zero attached hydrogens (tertiary/aromatic N) is 7. The molecule has 1 aromatic heterocycles. The maximum atomic E-state index is 12.7. The zero-order valence-electron chi connectivity index (χ0n) is 38.4. The minimum atomic E-state index is -5.47. The summed E-state index contributed by atoms with van der Waals surface area (Å²) in [5.74, 6) is -2.12. The summed E-state index contributed by atoms with van der Waals surface area (Å²) in [5.41, 5.74) is 1.46. The van der Waals surface area contributed by atoms with Gasteiger partial charge in [0.2, 0.25) is 16.5 Å². The first-order chi connectivity index (χ1) is 31.8. The molecule has 6 rings (SSSR count). The van der Waals surface area contributed by atoms with E-state index in [9.17, 15) is 73.8 Å². The average molecular weight is 1210 g/mol. The van der Waals surface area contributed by atoms with Crippen LogP contribution in [0.5, 0.6) is 5.75 Å². The van der Waals surface area contributed by atoms with Crippen LogP contribution in [0.1, 0.15) is 0 Å². The zero-order valence-corrected chi connectivity index (χ0v) is 54.1. The van der Waals surface area contributed by atoms with Gasteiger partial charge in [-0.15, -0.1) is 15.3 Å². The molecule has 5 radical (unpaired) electrons. The van der Waals surface area contributed by atoms with Gasteiger partial charge in [-0.3, -0.25) is 27.7 Å². The largest absolute Gasteiger partial charge is 0.505 e. The van der Waals surface area contributed by atoms with Gasteiger partial charge in [-0.1, -0.05) is 6.07 Å². The molecule has 1 heterocycles. The maximum Gasteiger partial charge on any atom is 0.397 e. The van der Waals surface area contributed by atoms with Crippen molar-refractivity contribution in [3.8, 4) is 5.75 Å². The van der Waals surface area contributed by atoms with Gasteiger partial charge in [0.05, 0.1) is 50.3 Å². The van der Waals surface area contributed by atoms with E-state index in [0.717, 1.165) is 54.6 Å². The van der Waals surface area contributed by atoms with Gasteiger partial charge in [0.25, 0.3) is 40.5 Å². The van der Waals surface area contributed by atoms with Crippen molar-refractivity contribution in [2.75, 3.05) is 18.1 Å². The van der Waals surface area contributed by atoms with Crippen LogP contribution >= 0.6 is 11.6 Å². The van der Waals surface area contributed by atoms with Crippen LogP contribution in [-0.4, -0.2) is 253 Å². The number of benzene rings is 5. The van der Waals surface area contributed by atoms with E-state index in [1.165, 1.54) is 12.1 Å². The Morgan fingerprint density at radius 3 is 1.68 bits per heavy atom. The van der Waals surface area contributed by atoms with Crippen LogP contribution in [-0.2, 0) is 64.9 Å². The molecule has 74 heavy (non-hydrogen) atoms. The van der Waals surface area contributed by atoms with E-state index < -0.39 is 132 Å². The predicted octanol–water partition coefficient (Wildman–Crippen LogP) is 1.80. The van der Waals surface area contributed by atoms with Crippen molar-refractivity contribution >= 4 is 271 Å². The number of aromatic nitrogens is 3. The van der Waals surface area contributed by atoms with Crippen molar-refractivity contribution in [3.05, 3.63) is 95.4 Å². The van der Waals surface area contributed by atoms with Crippen LogP contribution in [0.4, 0.5) is 39.8 Å². The van der Waals surface area contributed by atoms with E-state index in [2.05, 4.69) is 49.6 Å². The summed E-state index contributed by atoms with van der Waals surface area (Å²) >= 11 is 6.13. The van der Waals surface area contributed by atoms with Gasteiger partial charge in [0, 0.05) is 148 Å². The summed E-state index contributed by atoms with van der Waals surface area (Å²) in [6, 6.07) is 12.4. The number of phenolic OH excluding ortho intramolecular Hbond substituents is 1. The number of hydrogen-bond acceptors (Lipinski definition) is 22. The first-order valence-electron chi connectivity index (χ1n) is 17.8. The monoisotopic (exact) mass is 1210 g/mol. The molecule has 371 valence electrons. The number of aromatic amines is 2. The Kier molecular flexibility index (Phi) is 26.3. The van der Waals surface area contributed by atoms with E-state index >= 15 is 0 Å². The number of H-pyrrole nitrogens is 2. The number of phenols is 1. The average Bonchev–Trinajstić information content (AvgIpc) is 3.20. The molecule has 0 bridgehead atoms. The smallest absolute Gasteiger partial charge is 0.397 e. The molecule has 0 atom stereocenters. The topological polar surface area (TPSA) is 480 Å². The van der Waals surface area contributed by atoms with Crippen LogP contribution in [0.3, 0.4) is 0 Å². The van der Waals surface area contributed by atoms with Gasteiger partial charge in [-0.2, -0.15) is 52.2 Å². The van der Waals surface area contributed by atoms with Crippen molar-refractivity contribution in [2.45, 2.75) is 24.5 Å². The van der Waals surface area contributed by atoms with Crippen molar-refractivity contribution in [3.63, 3.8) is 0 Å². The molecular weight excluding hydrogens is 1180 g/mol. The molecule has 0 unspecified atom stereocenters. The number of nitrogen functional groups attached to an aromatic ring is 1. The van der Waals surface area contributed by atoms with E-state index in [0.29, 0.717) is 12.1 Å². The summed E-state index contributed by atoms with van der Waals surface area (Å²) in [6.45, 7) is -0.905. The molecular formula is C33H27ClN10Na5O19S6. The molecule has 0 fully saturated rings. The first-order valence-corrected chi connectivity index (χ1v) is 27.0. The first kappa shape index (κ1) is 70.5. The molecule has 0 aliphatic rings. The molecule has 0 amide bonds. The quantitative estimate of drug-likeness (QED) is 0.0306. The van der Waals surface area contributed by atoms with Gasteiger partial charge in [0.15, 0.2) is 15.6 Å². The Bertz CT molecular complexity index is 4040. The van der Waals surface area contributed by atoms with Crippen molar-refractivity contribution in [1.82, 2.24) is 15.0 Å². The molecule has 41 heteroatoms.